The first-order valence-corrected chi connectivity index (χ1v) is 13.6. The van der Waals surface area contributed by atoms with Gasteiger partial charge >= 0.3 is 5.97 Å². The number of hydrogen-bond acceptors (Lipinski definition) is 6. The fourth-order valence-electron chi connectivity index (χ4n) is 5.82. The van der Waals surface area contributed by atoms with E-state index in [4.69, 9.17) is 14.5 Å². The Hall–Kier alpha value is -2.64. The lowest BCUT2D eigenvalue weighted by molar-refractivity contribution is -0.143. The predicted octanol–water partition coefficient (Wildman–Crippen LogP) is 4.56. The highest BCUT2D eigenvalue weighted by molar-refractivity contribution is 5.77. The molecule has 7 nitrogen and oxygen atoms in total. The van der Waals surface area contributed by atoms with Gasteiger partial charge in [0.25, 0.3) is 0 Å². The van der Waals surface area contributed by atoms with Crippen molar-refractivity contribution < 1.29 is 19.4 Å². The van der Waals surface area contributed by atoms with Crippen LogP contribution < -0.4 is 10.1 Å². The van der Waals surface area contributed by atoms with Crippen molar-refractivity contribution in [1.82, 2.24) is 9.88 Å². The van der Waals surface area contributed by atoms with Crippen LogP contribution in [-0.4, -0.2) is 59.9 Å². The van der Waals surface area contributed by atoms with E-state index in [-0.39, 0.29) is 6.10 Å². The van der Waals surface area contributed by atoms with E-state index in [9.17, 15) is 9.90 Å². The van der Waals surface area contributed by atoms with E-state index < -0.39 is 12.0 Å². The molecular weight excluding hydrogens is 454 g/mol. The number of unbranched alkanes of at least 4 members (excludes halogenated alkanes) is 1. The van der Waals surface area contributed by atoms with Gasteiger partial charge in [0.15, 0.2) is 0 Å². The van der Waals surface area contributed by atoms with E-state index in [0.29, 0.717) is 25.7 Å². The third kappa shape index (κ3) is 5.68. The fourth-order valence-corrected chi connectivity index (χ4v) is 5.82. The molecule has 0 saturated carbocycles. The zero-order chi connectivity index (χ0) is 25.1. The quantitative estimate of drug-likeness (QED) is 0.496. The second-order valence-electron chi connectivity index (χ2n) is 10.8. The summed E-state index contributed by atoms with van der Waals surface area (Å²) >= 11 is 0. The molecule has 0 unspecified atom stereocenters. The summed E-state index contributed by atoms with van der Waals surface area (Å²) in [5.41, 5.74) is 5.45. The van der Waals surface area contributed by atoms with Crippen LogP contribution >= 0.6 is 0 Å². The van der Waals surface area contributed by atoms with E-state index in [2.05, 4.69) is 29.3 Å². The Morgan fingerprint density at radius 2 is 2.22 bits per heavy atom. The van der Waals surface area contributed by atoms with E-state index >= 15 is 0 Å². The lowest BCUT2D eigenvalue weighted by Gasteiger charge is -2.31. The number of rotatable bonds is 9. The minimum Gasteiger partial charge on any atom is -0.493 e. The largest absolute Gasteiger partial charge is 0.493 e. The Kier molecular flexibility index (Phi) is 7.77. The van der Waals surface area contributed by atoms with Crippen LogP contribution in [0.25, 0.3) is 0 Å². The summed E-state index contributed by atoms with van der Waals surface area (Å²) in [7, 11) is 0. The van der Waals surface area contributed by atoms with Crippen molar-refractivity contribution in [3.63, 3.8) is 0 Å². The molecule has 36 heavy (non-hydrogen) atoms. The molecule has 194 valence electrons. The highest BCUT2D eigenvalue weighted by Gasteiger charge is 2.36. The van der Waals surface area contributed by atoms with Gasteiger partial charge < -0.3 is 19.9 Å². The molecular formula is C29H39N3O4. The number of anilines is 1. The number of aromatic nitrogens is 1. The van der Waals surface area contributed by atoms with Crippen LogP contribution in [0.5, 0.6) is 5.75 Å². The Morgan fingerprint density at radius 3 is 3.08 bits per heavy atom. The molecule has 0 spiro atoms. The summed E-state index contributed by atoms with van der Waals surface area (Å²) in [6, 6.07) is 7.78. The molecule has 1 aromatic heterocycles. The van der Waals surface area contributed by atoms with Crippen LogP contribution in [0.1, 0.15) is 66.6 Å². The molecule has 0 radical (unpaired) electrons. The zero-order valence-electron chi connectivity index (χ0n) is 21.6. The number of likely N-dealkylation sites (tertiary alicyclic amines) is 1. The van der Waals surface area contributed by atoms with Crippen LogP contribution in [0.15, 0.2) is 24.3 Å². The first-order valence-electron chi connectivity index (χ1n) is 13.6. The smallest absolute Gasteiger partial charge is 0.325 e. The van der Waals surface area contributed by atoms with Crippen molar-refractivity contribution in [2.75, 3.05) is 38.2 Å². The number of nitrogens with zero attached hydrogens (tertiary/aromatic N) is 2. The number of carbonyl (C=O) groups is 1. The number of aryl methyl sites for hydroxylation is 3. The first kappa shape index (κ1) is 25.0. The third-order valence-electron chi connectivity index (χ3n) is 7.67. The lowest BCUT2D eigenvalue weighted by atomic mass is 9.89. The number of ether oxygens (including phenoxy) is 2. The highest BCUT2D eigenvalue weighted by Crippen LogP contribution is 2.38. The molecule has 3 aliphatic rings. The van der Waals surface area contributed by atoms with Gasteiger partial charge in [0, 0.05) is 31.9 Å². The molecule has 0 bridgehead atoms. The second-order valence-corrected chi connectivity index (χ2v) is 10.8. The average molecular weight is 494 g/mol. The molecule has 0 aliphatic carbocycles. The van der Waals surface area contributed by atoms with Crippen LogP contribution in [0.3, 0.4) is 0 Å². The zero-order valence-corrected chi connectivity index (χ0v) is 21.6. The molecule has 1 fully saturated rings. The van der Waals surface area contributed by atoms with Gasteiger partial charge in [-0.3, -0.25) is 9.69 Å². The SMILES string of the molecule is Cc1cc2c(c([C@@H](C(=O)O)N3CC[C@@H](OCCCCc4ccc5c(n4)NCCC5)C3)c1)C[C@H](C)CO2. The summed E-state index contributed by atoms with van der Waals surface area (Å²) in [5, 5.41) is 13.6. The number of pyridine rings is 1. The Labute approximate surface area is 214 Å². The van der Waals surface area contributed by atoms with Crippen molar-refractivity contribution in [2.45, 2.75) is 70.9 Å². The maximum atomic E-state index is 12.5. The van der Waals surface area contributed by atoms with Crippen LogP contribution in [-0.2, 0) is 28.8 Å². The van der Waals surface area contributed by atoms with E-state index in [1.165, 1.54) is 12.0 Å². The van der Waals surface area contributed by atoms with Crippen LogP contribution in [0.4, 0.5) is 5.82 Å². The molecule has 3 atom stereocenters. The third-order valence-corrected chi connectivity index (χ3v) is 7.67. The van der Waals surface area contributed by atoms with Gasteiger partial charge in [-0.15, -0.1) is 0 Å². The minimum atomic E-state index is -0.797. The van der Waals surface area contributed by atoms with Gasteiger partial charge in [0.1, 0.15) is 17.6 Å². The first-order chi connectivity index (χ1) is 17.5. The Bertz CT molecular complexity index is 1090. The standard InChI is InChI=1S/C29H39N3O4/c1-19-14-25(24-15-20(2)18-36-26(24)16-19)27(29(33)34)32-12-10-23(17-32)35-13-4-3-7-22-9-8-21-6-5-11-30-28(21)31-22/h8-9,14,16,20,23,27H,3-7,10-13,15,17-18H2,1-2H3,(H,30,31)(H,33,34)/t20-,23+,27-/m0/s1. The van der Waals surface area contributed by atoms with Crippen molar-refractivity contribution >= 4 is 11.8 Å². The molecule has 3 aliphatic heterocycles. The number of carboxylic acids is 1. The van der Waals surface area contributed by atoms with E-state index in [1.54, 1.807) is 0 Å². The summed E-state index contributed by atoms with van der Waals surface area (Å²) in [6.45, 7) is 7.94. The Morgan fingerprint density at radius 1 is 1.33 bits per heavy atom. The van der Waals surface area contributed by atoms with Crippen LogP contribution in [0.2, 0.25) is 0 Å². The molecule has 5 rings (SSSR count). The van der Waals surface area contributed by atoms with Crippen molar-refractivity contribution in [3.8, 4) is 5.75 Å². The van der Waals surface area contributed by atoms with Crippen molar-refractivity contribution in [2.24, 2.45) is 5.92 Å². The Balaban J connectivity index is 1.13. The number of fused-ring (bicyclic) bond motifs is 2. The molecule has 1 saturated heterocycles. The molecule has 2 aromatic rings. The van der Waals surface area contributed by atoms with Gasteiger partial charge in [0.2, 0.25) is 0 Å². The number of benzene rings is 1. The number of hydrogen-bond donors (Lipinski definition) is 2. The summed E-state index contributed by atoms with van der Waals surface area (Å²) in [5.74, 6) is 1.50. The fraction of sp³-hybridized carbons (Fsp3) is 0.586. The molecule has 2 N–H and O–H groups in total. The minimum absolute atomic E-state index is 0.0775. The maximum Gasteiger partial charge on any atom is 0.325 e. The number of aliphatic carboxylic acids is 1. The van der Waals surface area contributed by atoms with Gasteiger partial charge in [-0.2, -0.15) is 0 Å². The van der Waals surface area contributed by atoms with E-state index in [1.807, 2.05) is 19.1 Å². The van der Waals surface area contributed by atoms with Crippen LogP contribution in [0, 0.1) is 12.8 Å². The maximum absolute atomic E-state index is 12.5. The van der Waals surface area contributed by atoms with Gasteiger partial charge in [-0.1, -0.05) is 19.1 Å². The van der Waals surface area contributed by atoms with E-state index in [0.717, 1.165) is 85.6 Å². The summed E-state index contributed by atoms with van der Waals surface area (Å²) < 4.78 is 12.2. The van der Waals surface area contributed by atoms with Crippen molar-refractivity contribution in [3.05, 3.63) is 52.2 Å². The van der Waals surface area contributed by atoms with Crippen molar-refractivity contribution in [1.29, 1.82) is 0 Å². The monoisotopic (exact) mass is 493 g/mol. The lowest BCUT2D eigenvalue weighted by Crippen LogP contribution is -2.35. The highest BCUT2D eigenvalue weighted by atomic mass is 16.5. The number of carboxylic acid groups (broad SMARTS) is 1. The molecule has 1 aromatic carbocycles. The predicted molar refractivity (Wildman–Crippen MR) is 140 cm³/mol. The van der Waals surface area contributed by atoms with Gasteiger partial charge in [-0.25, -0.2) is 4.98 Å². The average Bonchev–Trinajstić information content (AvgIpc) is 3.32. The normalized spacial score (nSPS) is 22.3. The number of nitrogens with one attached hydrogen (secondary N) is 1. The summed E-state index contributed by atoms with van der Waals surface area (Å²) in [6.07, 6.45) is 7.06. The topological polar surface area (TPSA) is 83.9 Å². The molecule has 7 heteroatoms. The van der Waals surface area contributed by atoms with Gasteiger partial charge in [0.05, 0.1) is 12.7 Å². The van der Waals surface area contributed by atoms with Gasteiger partial charge in [-0.05, 0) is 92.2 Å². The summed E-state index contributed by atoms with van der Waals surface area (Å²) in [4.78, 5) is 19.3. The molecule has 4 heterocycles. The molecule has 0 amide bonds. The second kappa shape index (κ2) is 11.2.